The largest absolute Gasteiger partial charge is 0.494 e. The summed E-state index contributed by atoms with van der Waals surface area (Å²) in [5.74, 6) is 2.73. The Balaban J connectivity index is 2.44. The third-order valence-electron chi connectivity index (χ3n) is 3.11. The van der Waals surface area contributed by atoms with Crippen LogP contribution < -0.4 is 10.1 Å². The molecule has 1 N–H and O–H groups in total. The van der Waals surface area contributed by atoms with E-state index in [1.807, 2.05) is 39.1 Å². The SMILES string of the molecule is CCOc1ccc(C)cc1C(NC)c1ccc(C)o1. The van der Waals surface area contributed by atoms with Crippen LogP contribution in [0.2, 0.25) is 0 Å². The van der Waals surface area contributed by atoms with Crippen molar-refractivity contribution in [3.05, 3.63) is 53.0 Å². The number of nitrogens with one attached hydrogen (secondary N) is 1. The van der Waals surface area contributed by atoms with E-state index in [-0.39, 0.29) is 6.04 Å². The summed E-state index contributed by atoms with van der Waals surface area (Å²) in [6.07, 6.45) is 0. The van der Waals surface area contributed by atoms with Gasteiger partial charge < -0.3 is 14.5 Å². The highest BCUT2D eigenvalue weighted by atomic mass is 16.5. The molecule has 19 heavy (non-hydrogen) atoms. The third-order valence-corrected chi connectivity index (χ3v) is 3.11. The van der Waals surface area contributed by atoms with E-state index in [9.17, 15) is 0 Å². The number of furan rings is 1. The first-order valence-electron chi connectivity index (χ1n) is 6.62. The van der Waals surface area contributed by atoms with Gasteiger partial charge in [0.25, 0.3) is 0 Å². The summed E-state index contributed by atoms with van der Waals surface area (Å²) in [6, 6.07) is 10.2. The maximum atomic E-state index is 5.75. The van der Waals surface area contributed by atoms with Crippen molar-refractivity contribution in [3.8, 4) is 5.75 Å². The molecule has 1 aromatic carbocycles. The minimum atomic E-state index is 0.00940. The van der Waals surface area contributed by atoms with E-state index >= 15 is 0 Å². The van der Waals surface area contributed by atoms with Crippen molar-refractivity contribution < 1.29 is 9.15 Å². The lowest BCUT2D eigenvalue weighted by Crippen LogP contribution is -2.18. The van der Waals surface area contributed by atoms with Crippen molar-refractivity contribution in [2.24, 2.45) is 0 Å². The molecule has 1 heterocycles. The maximum absolute atomic E-state index is 5.75. The molecule has 0 aliphatic carbocycles. The lowest BCUT2D eigenvalue weighted by Gasteiger charge is -2.19. The zero-order chi connectivity index (χ0) is 13.8. The van der Waals surface area contributed by atoms with Gasteiger partial charge in [0.05, 0.1) is 12.6 Å². The van der Waals surface area contributed by atoms with E-state index in [1.165, 1.54) is 5.56 Å². The van der Waals surface area contributed by atoms with Crippen LogP contribution in [0.1, 0.15) is 35.6 Å². The summed E-state index contributed by atoms with van der Waals surface area (Å²) in [5.41, 5.74) is 2.32. The maximum Gasteiger partial charge on any atom is 0.125 e. The second-order valence-corrected chi connectivity index (χ2v) is 4.64. The van der Waals surface area contributed by atoms with Gasteiger partial charge in [-0.05, 0) is 46.0 Å². The molecule has 1 aromatic heterocycles. The predicted octanol–water partition coefficient (Wildman–Crippen LogP) is 3.60. The van der Waals surface area contributed by atoms with E-state index in [0.29, 0.717) is 6.61 Å². The molecule has 0 amide bonds. The zero-order valence-electron chi connectivity index (χ0n) is 12.0. The Kier molecular flexibility index (Phi) is 4.27. The fourth-order valence-corrected chi connectivity index (χ4v) is 2.24. The number of ether oxygens (including phenoxy) is 1. The summed E-state index contributed by atoms with van der Waals surface area (Å²) in [6.45, 7) is 6.69. The molecule has 0 radical (unpaired) electrons. The summed E-state index contributed by atoms with van der Waals surface area (Å²) in [7, 11) is 1.93. The second-order valence-electron chi connectivity index (χ2n) is 4.64. The lowest BCUT2D eigenvalue weighted by molar-refractivity contribution is 0.331. The number of aryl methyl sites for hydroxylation is 2. The van der Waals surface area contributed by atoms with Gasteiger partial charge in [0.1, 0.15) is 17.3 Å². The van der Waals surface area contributed by atoms with Crippen LogP contribution in [-0.4, -0.2) is 13.7 Å². The minimum Gasteiger partial charge on any atom is -0.494 e. The lowest BCUT2D eigenvalue weighted by atomic mass is 10.0. The molecule has 0 bridgehead atoms. The Morgan fingerprint density at radius 1 is 1.21 bits per heavy atom. The summed E-state index contributed by atoms with van der Waals surface area (Å²) in [5, 5.41) is 3.30. The molecule has 0 aliphatic rings. The highest BCUT2D eigenvalue weighted by molar-refractivity contribution is 5.42. The summed E-state index contributed by atoms with van der Waals surface area (Å²) < 4.78 is 11.5. The van der Waals surface area contributed by atoms with Gasteiger partial charge >= 0.3 is 0 Å². The first-order chi connectivity index (χ1) is 9.15. The Morgan fingerprint density at radius 3 is 2.58 bits per heavy atom. The normalized spacial score (nSPS) is 12.4. The molecule has 0 saturated carbocycles. The number of hydrogen-bond donors (Lipinski definition) is 1. The molecule has 2 rings (SSSR count). The average Bonchev–Trinajstić information content (AvgIpc) is 2.80. The molecule has 0 saturated heterocycles. The molecular formula is C16H21NO2. The van der Waals surface area contributed by atoms with Crippen molar-refractivity contribution in [3.63, 3.8) is 0 Å². The van der Waals surface area contributed by atoms with Gasteiger partial charge in [-0.25, -0.2) is 0 Å². The molecule has 3 nitrogen and oxygen atoms in total. The van der Waals surface area contributed by atoms with Crippen LogP contribution in [0.3, 0.4) is 0 Å². The van der Waals surface area contributed by atoms with E-state index in [4.69, 9.17) is 9.15 Å². The van der Waals surface area contributed by atoms with Gasteiger partial charge in [0.2, 0.25) is 0 Å². The van der Waals surface area contributed by atoms with Crippen LogP contribution in [-0.2, 0) is 0 Å². The Labute approximate surface area is 114 Å². The van der Waals surface area contributed by atoms with E-state index < -0.39 is 0 Å². The second kappa shape index (κ2) is 5.93. The molecule has 1 unspecified atom stereocenters. The molecule has 0 spiro atoms. The fraction of sp³-hybridized carbons (Fsp3) is 0.375. The van der Waals surface area contributed by atoms with Crippen molar-refractivity contribution >= 4 is 0 Å². The minimum absolute atomic E-state index is 0.00940. The molecule has 102 valence electrons. The topological polar surface area (TPSA) is 34.4 Å². The van der Waals surface area contributed by atoms with Crippen LogP contribution in [0, 0.1) is 13.8 Å². The Morgan fingerprint density at radius 2 is 2.00 bits per heavy atom. The molecule has 1 atom stereocenters. The molecule has 0 fully saturated rings. The third kappa shape index (κ3) is 2.99. The van der Waals surface area contributed by atoms with Gasteiger partial charge in [0, 0.05) is 5.56 Å². The van der Waals surface area contributed by atoms with E-state index in [0.717, 1.165) is 22.8 Å². The quantitative estimate of drug-likeness (QED) is 0.890. The summed E-state index contributed by atoms with van der Waals surface area (Å²) >= 11 is 0. The molecular weight excluding hydrogens is 238 g/mol. The number of benzene rings is 1. The number of hydrogen-bond acceptors (Lipinski definition) is 3. The van der Waals surface area contributed by atoms with E-state index in [2.05, 4.69) is 24.4 Å². The number of rotatable bonds is 5. The first-order valence-corrected chi connectivity index (χ1v) is 6.62. The standard InChI is InChI=1S/C16H21NO2/c1-5-18-14-8-6-11(2)10-13(14)16(17-4)15-9-7-12(3)19-15/h6-10,16-17H,5H2,1-4H3. The van der Waals surface area contributed by atoms with Gasteiger partial charge in [-0.1, -0.05) is 17.7 Å². The van der Waals surface area contributed by atoms with E-state index in [1.54, 1.807) is 0 Å². The van der Waals surface area contributed by atoms with Crippen molar-refractivity contribution in [1.82, 2.24) is 5.32 Å². The van der Waals surface area contributed by atoms with Crippen LogP contribution in [0.25, 0.3) is 0 Å². The zero-order valence-corrected chi connectivity index (χ0v) is 12.0. The van der Waals surface area contributed by atoms with Crippen LogP contribution in [0.5, 0.6) is 5.75 Å². The van der Waals surface area contributed by atoms with Crippen LogP contribution in [0.15, 0.2) is 34.7 Å². The first kappa shape index (κ1) is 13.7. The Bertz CT molecular complexity index is 545. The Hall–Kier alpha value is -1.74. The van der Waals surface area contributed by atoms with Crippen molar-refractivity contribution in [1.29, 1.82) is 0 Å². The summed E-state index contributed by atoms with van der Waals surface area (Å²) in [4.78, 5) is 0. The van der Waals surface area contributed by atoms with Crippen molar-refractivity contribution in [2.75, 3.05) is 13.7 Å². The molecule has 2 aromatic rings. The predicted molar refractivity (Wildman–Crippen MR) is 76.7 cm³/mol. The van der Waals surface area contributed by atoms with Gasteiger partial charge in [-0.3, -0.25) is 0 Å². The monoisotopic (exact) mass is 259 g/mol. The highest BCUT2D eigenvalue weighted by Crippen LogP contribution is 2.31. The van der Waals surface area contributed by atoms with Gasteiger partial charge in [0.15, 0.2) is 0 Å². The van der Waals surface area contributed by atoms with Crippen LogP contribution in [0.4, 0.5) is 0 Å². The highest BCUT2D eigenvalue weighted by Gasteiger charge is 2.19. The van der Waals surface area contributed by atoms with Gasteiger partial charge in [-0.2, -0.15) is 0 Å². The fourth-order valence-electron chi connectivity index (χ4n) is 2.24. The van der Waals surface area contributed by atoms with Crippen LogP contribution >= 0.6 is 0 Å². The molecule has 0 aliphatic heterocycles. The van der Waals surface area contributed by atoms with Crippen molar-refractivity contribution in [2.45, 2.75) is 26.8 Å². The van der Waals surface area contributed by atoms with Gasteiger partial charge in [-0.15, -0.1) is 0 Å². The molecule has 3 heteroatoms. The smallest absolute Gasteiger partial charge is 0.125 e. The average molecular weight is 259 g/mol.